The Morgan fingerprint density at radius 1 is 1.29 bits per heavy atom. The Kier molecular flexibility index (Phi) is 6.19. The van der Waals surface area contributed by atoms with E-state index in [1.165, 1.54) is 42.7 Å². The van der Waals surface area contributed by atoms with Gasteiger partial charge in [0.15, 0.2) is 0 Å². The molecule has 0 aliphatic heterocycles. The molecular formula is C13H20ClNS2. The lowest BCUT2D eigenvalue weighted by atomic mass is 10.0. The van der Waals surface area contributed by atoms with Gasteiger partial charge in [-0.2, -0.15) is 11.8 Å². The molecule has 0 aromatic carbocycles. The highest BCUT2D eigenvalue weighted by molar-refractivity contribution is 7.99. The SMILES string of the molecule is Clc1ccc(CNCCSC2CCCCC2)s1. The molecule has 0 unspecified atom stereocenters. The fourth-order valence-electron chi connectivity index (χ4n) is 2.19. The molecule has 1 aromatic rings. The Hall–Kier alpha value is 0.300. The highest BCUT2D eigenvalue weighted by Gasteiger charge is 2.12. The van der Waals surface area contributed by atoms with Crippen molar-refractivity contribution in [1.82, 2.24) is 5.32 Å². The molecule has 0 bridgehead atoms. The molecule has 1 N–H and O–H groups in total. The predicted molar refractivity (Wildman–Crippen MR) is 80.4 cm³/mol. The van der Waals surface area contributed by atoms with E-state index in [1.807, 2.05) is 6.07 Å². The van der Waals surface area contributed by atoms with Crippen molar-refractivity contribution >= 4 is 34.7 Å². The lowest BCUT2D eigenvalue weighted by Gasteiger charge is -2.20. The number of hydrogen-bond donors (Lipinski definition) is 1. The number of hydrogen-bond acceptors (Lipinski definition) is 3. The molecule has 4 heteroatoms. The second-order valence-electron chi connectivity index (χ2n) is 4.51. The van der Waals surface area contributed by atoms with Crippen molar-refractivity contribution in [2.45, 2.75) is 43.9 Å². The van der Waals surface area contributed by atoms with Gasteiger partial charge in [-0.05, 0) is 25.0 Å². The number of thioether (sulfide) groups is 1. The molecule has 17 heavy (non-hydrogen) atoms. The second-order valence-corrected chi connectivity index (χ2v) is 7.72. The third-order valence-corrected chi connectivity index (χ3v) is 5.73. The van der Waals surface area contributed by atoms with Crippen LogP contribution in [-0.4, -0.2) is 17.5 Å². The number of rotatable bonds is 6. The zero-order valence-electron chi connectivity index (χ0n) is 10.1. The Morgan fingerprint density at radius 2 is 2.12 bits per heavy atom. The molecule has 0 spiro atoms. The highest BCUT2D eigenvalue weighted by atomic mass is 35.5. The van der Waals surface area contributed by atoms with Crippen LogP contribution in [0.5, 0.6) is 0 Å². The predicted octanol–water partition coefficient (Wildman–Crippen LogP) is 4.56. The van der Waals surface area contributed by atoms with Gasteiger partial charge in [0.05, 0.1) is 4.34 Å². The van der Waals surface area contributed by atoms with Crippen LogP contribution in [0.15, 0.2) is 12.1 Å². The topological polar surface area (TPSA) is 12.0 Å². The maximum atomic E-state index is 5.89. The lowest BCUT2D eigenvalue weighted by Crippen LogP contribution is -2.18. The molecule has 0 radical (unpaired) electrons. The number of thiophene rings is 1. The first-order valence-electron chi connectivity index (χ1n) is 6.41. The molecular weight excluding hydrogens is 270 g/mol. The maximum Gasteiger partial charge on any atom is 0.0931 e. The van der Waals surface area contributed by atoms with Crippen molar-refractivity contribution in [1.29, 1.82) is 0 Å². The van der Waals surface area contributed by atoms with Crippen molar-refractivity contribution < 1.29 is 0 Å². The van der Waals surface area contributed by atoms with E-state index in [2.05, 4.69) is 23.1 Å². The van der Waals surface area contributed by atoms with E-state index in [9.17, 15) is 0 Å². The summed E-state index contributed by atoms with van der Waals surface area (Å²) in [5.41, 5.74) is 0. The molecule has 96 valence electrons. The van der Waals surface area contributed by atoms with Crippen molar-refractivity contribution in [2.24, 2.45) is 0 Å². The van der Waals surface area contributed by atoms with E-state index < -0.39 is 0 Å². The standard InChI is InChI=1S/C13H20ClNS2/c14-13-7-6-12(17-13)10-15-8-9-16-11-4-2-1-3-5-11/h6-7,11,15H,1-5,8-10H2. The van der Waals surface area contributed by atoms with E-state index in [0.717, 1.165) is 22.7 Å². The van der Waals surface area contributed by atoms with E-state index in [4.69, 9.17) is 11.6 Å². The molecule has 1 nitrogen and oxygen atoms in total. The highest BCUT2D eigenvalue weighted by Crippen LogP contribution is 2.27. The first-order chi connectivity index (χ1) is 8.34. The van der Waals surface area contributed by atoms with Gasteiger partial charge in [-0.15, -0.1) is 11.3 Å². The monoisotopic (exact) mass is 289 g/mol. The fourth-order valence-corrected chi connectivity index (χ4v) is 4.51. The summed E-state index contributed by atoms with van der Waals surface area (Å²) in [6.07, 6.45) is 7.21. The van der Waals surface area contributed by atoms with Crippen LogP contribution in [0.25, 0.3) is 0 Å². The molecule has 1 aromatic heterocycles. The van der Waals surface area contributed by atoms with Gasteiger partial charge in [0, 0.05) is 29.0 Å². The third-order valence-electron chi connectivity index (χ3n) is 3.11. The Morgan fingerprint density at radius 3 is 2.82 bits per heavy atom. The van der Waals surface area contributed by atoms with Crippen LogP contribution in [0.2, 0.25) is 4.34 Å². The van der Waals surface area contributed by atoms with E-state index in [-0.39, 0.29) is 0 Å². The summed E-state index contributed by atoms with van der Waals surface area (Å²) in [5.74, 6) is 1.24. The van der Waals surface area contributed by atoms with Crippen LogP contribution in [0.3, 0.4) is 0 Å². The van der Waals surface area contributed by atoms with Crippen molar-refractivity contribution in [3.05, 3.63) is 21.3 Å². The number of nitrogens with one attached hydrogen (secondary N) is 1. The molecule has 1 aliphatic carbocycles. The number of halogens is 1. The van der Waals surface area contributed by atoms with Gasteiger partial charge in [0.25, 0.3) is 0 Å². The van der Waals surface area contributed by atoms with Gasteiger partial charge in [-0.1, -0.05) is 30.9 Å². The van der Waals surface area contributed by atoms with Gasteiger partial charge in [-0.3, -0.25) is 0 Å². The van der Waals surface area contributed by atoms with Gasteiger partial charge in [0.1, 0.15) is 0 Å². The van der Waals surface area contributed by atoms with Crippen LogP contribution < -0.4 is 5.32 Å². The van der Waals surface area contributed by atoms with Crippen LogP contribution in [0.1, 0.15) is 37.0 Å². The lowest BCUT2D eigenvalue weighted by molar-refractivity contribution is 0.516. The Labute approximate surface area is 117 Å². The average molecular weight is 290 g/mol. The summed E-state index contributed by atoms with van der Waals surface area (Å²) in [7, 11) is 0. The van der Waals surface area contributed by atoms with Gasteiger partial charge >= 0.3 is 0 Å². The molecule has 1 aliphatic rings. The summed E-state index contributed by atoms with van der Waals surface area (Å²) in [6.45, 7) is 2.07. The molecule has 0 atom stereocenters. The first kappa shape index (κ1) is 13.7. The quantitative estimate of drug-likeness (QED) is 0.771. The van der Waals surface area contributed by atoms with E-state index >= 15 is 0 Å². The minimum absolute atomic E-state index is 0.887. The van der Waals surface area contributed by atoms with Crippen molar-refractivity contribution in [3.8, 4) is 0 Å². The Bertz CT molecular complexity index is 321. The zero-order chi connectivity index (χ0) is 11.9. The van der Waals surface area contributed by atoms with Crippen LogP contribution in [0.4, 0.5) is 0 Å². The second kappa shape index (κ2) is 7.67. The summed E-state index contributed by atoms with van der Waals surface area (Å²) < 4.78 is 0.887. The summed E-state index contributed by atoms with van der Waals surface area (Å²) in [5, 5.41) is 4.42. The van der Waals surface area contributed by atoms with Gasteiger partial charge in [0.2, 0.25) is 0 Å². The normalized spacial score (nSPS) is 17.5. The molecule has 0 amide bonds. The molecule has 1 heterocycles. The minimum atomic E-state index is 0.887. The van der Waals surface area contributed by atoms with Crippen LogP contribution in [-0.2, 0) is 6.54 Å². The molecule has 0 saturated heterocycles. The van der Waals surface area contributed by atoms with Gasteiger partial charge in [-0.25, -0.2) is 0 Å². The molecule has 1 saturated carbocycles. The summed E-state index contributed by atoms with van der Waals surface area (Å²) in [4.78, 5) is 1.33. The fraction of sp³-hybridized carbons (Fsp3) is 0.692. The summed E-state index contributed by atoms with van der Waals surface area (Å²) >= 11 is 9.71. The molecule has 2 rings (SSSR count). The average Bonchev–Trinajstić information content (AvgIpc) is 2.76. The van der Waals surface area contributed by atoms with Gasteiger partial charge < -0.3 is 5.32 Å². The molecule has 1 fully saturated rings. The van der Waals surface area contributed by atoms with Crippen molar-refractivity contribution in [3.63, 3.8) is 0 Å². The largest absolute Gasteiger partial charge is 0.311 e. The first-order valence-corrected chi connectivity index (χ1v) is 8.65. The smallest absolute Gasteiger partial charge is 0.0931 e. The van der Waals surface area contributed by atoms with Crippen LogP contribution >= 0.6 is 34.7 Å². The van der Waals surface area contributed by atoms with E-state index in [0.29, 0.717) is 0 Å². The Balaban J connectivity index is 1.51. The zero-order valence-corrected chi connectivity index (χ0v) is 12.5. The van der Waals surface area contributed by atoms with E-state index in [1.54, 1.807) is 11.3 Å². The van der Waals surface area contributed by atoms with Crippen molar-refractivity contribution in [2.75, 3.05) is 12.3 Å². The third kappa shape index (κ3) is 5.21. The summed E-state index contributed by atoms with van der Waals surface area (Å²) in [6, 6.07) is 4.08. The maximum absolute atomic E-state index is 5.89. The minimum Gasteiger partial charge on any atom is -0.311 e. The van der Waals surface area contributed by atoms with Crippen LogP contribution in [0, 0.1) is 0 Å².